The van der Waals surface area contributed by atoms with Gasteiger partial charge in [0.25, 0.3) is 0 Å². The summed E-state index contributed by atoms with van der Waals surface area (Å²) < 4.78 is 0. The molecule has 0 unspecified atom stereocenters. The third kappa shape index (κ3) is 3.89. The number of aldehydes is 1. The zero-order chi connectivity index (χ0) is 12.9. The fraction of sp³-hybridized carbons (Fsp3) is 0.692. The van der Waals surface area contributed by atoms with Crippen LogP contribution in [0, 0.1) is 12.3 Å². The minimum Gasteiger partial charge on any atom is -0.303 e. The molecule has 1 aromatic rings. The summed E-state index contributed by atoms with van der Waals surface area (Å²) in [5, 5.41) is 3.19. The van der Waals surface area contributed by atoms with Crippen LogP contribution in [0.25, 0.3) is 0 Å². The van der Waals surface area contributed by atoms with Crippen molar-refractivity contribution < 1.29 is 4.79 Å². The molecule has 0 saturated heterocycles. The first-order valence-corrected chi connectivity index (χ1v) is 6.99. The number of nitrogens with zero attached hydrogens (tertiary/aromatic N) is 2. The third-order valence-electron chi connectivity index (χ3n) is 3.34. The second-order valence-corrected chi connectivity index (χ2v) is 5.78. The Morgan fingerprint density at radius 1 is 1.47 bits per heavy atom. The molecule has 0 spiro atoms. The monoisotopic (exact) mass is 254 g/mol. The molecule has 0 aliphatic rings. The Bertz CT molecular complexity index is 358. The topological polar surface area (TPSA) is 33.2 Å². The first kappa shape index (κ1) is 14.3. The van der Waals surface area contributed by atoms with Crippen LogP contribution < -0.4 is 0 Å². The summed E-state index contributed by atoms with van der Waals surface area (Å²) in [6, 6.07) is 0. The van der Waals surface area contributed by atoms with E-state index in [1.54, 1.807) is 11.3 Å². The van der Waals surface area contributed by atoms with Crippen LogP contribution in [0.3, 0.4) is 0 Å². The molecule has 0 aromatic carbocycles. The number of aromatic nitrogens is 1. The number of aryl methyl sites for hydroxylation is 1. The highest BCUT2D eigenvalue weighted by molar-refractivity contribution is 7.09. The normalized spacial score (nSPS) is 12.1. The van der Waals surface area contributed by atoms with Gasteiger partial charge in [-0.3, -0.25) is 4.90 Å². The van der Waals surface area contributed by atoms with Crippen molar-refractivity contribution in [2.75, 3.05) is 13.6 Å². The lowest BCUT2D eigenvalue weighted by atomic mass is 9.83. The van der Waals surface area contributed by atoms with Gasteiger partial charge in [0.2, 0.25) is 0 Å². The molecule has 0 saturated carbocycles. The Balaban J connectivity index is 2.59. The zero-order valence-electron chi connectivity index (χ0n) is 11.2. The summed E-state index contributed by atoms with van der Waals surface area (Å²) in [4.78, 5) is 17.9. The van der Waals surface area contributed by atoms with E-state index >= 15 is 0 Å². The Hall–Kier alpha value is -0.740. The van der Waals surface area contributed by atoms with Crippen LogP contribution in [0.4, 0.5) is 0 Å². The molecular weight excluding hydrogens is 232 g/mol. The van der Waals surface area contributed by atoms with Gasteiger partial charge in [0.05, 0.1) is 10.7 Å². The van der Waals surface area contributed by atoms with Crippen LogP contribution in [-0.2, 0) is 11.3 Å². The fourth-order valence-corrected chi connectivity index (χ4v) is 2.63. The van der Waals surface area contributed by atoms with Gasteiger partial charge in [-0.15, -0.1) is 11.3 Å². The molecule has 0 bridgehead atoms. The van der Waals surface area contributed by atoms with E-state index < -0.39 is 0 Å². The standard InChI is InChI=1S/C13H22N2OS/c1-5-13(6-2,10-16)9-15(4)7-12-8-17-11(3)14-12/h8,10H,5-7,9H2,1-4H3. The minimum atomic E-state index is -0.195. The van der Waals surface area contributed by atoms with E-state index in [4.69, 9.17) is 0 Å². The quantitative estimate of drug-likeness (QED) is 0.701. The largest absolute Gasteiger partial charge is 0.303 e. The number of thiazole rings is 1. The van der Waals surface area contributed by atoms with Crippen molar-refractivity contribution in [3.05, 3.63) is 16.1 Å². The molecule has 1 rings (SSSR count). The van der Waals surface area contributed by atoms with Gasteiger partial charge < -0.3 is 4.79 Å². The Morgan fingerprint density at radius 2 is 2.12 bits per heavy atom. The molecule has 0 aliphatic carbocycles. The molecule has 0 N–H and O–H groups in total. The second-order valence-electron chi connectivity index (χ2n) is 4.72. The van der Waals surface area contributed by atoms with Crippen molar-refractivity contribution in [1.29, 1.82) is 0 Å². The molecule has 4 heteroatoms. The van der Waals surface area contributed by atoms with Gasteiger partial charge in [0, 0.05) is 23.9 Å². The first-order chi connectivity index (χ1) is 8.05. The maximum atomic E-state index is 11.2. The van der Waals surface area contributed by atoms with Crippen molar-refractivity contribution in [2.24, 2.45) is 5.41 Å². The van der Waals surface area contributed by atoms with E-state index in [2.05, 4.69) is 36.2 Å². The van der Waals surface area contributed by atoms with Crippen LogP contribution in [0.5, 0.6) is 0 Å². The van der Waals surface area contributed by atoms with Crippen molar-refractivity contribution in [1.82, 2.24) is 9.88 Å². The van der Waals surface area contributed by atoms with Crippen molar-refractivity contribution >= 4 is 17.6 Å². The SMILES string of the molecule is CCC(C=O)(CC)CN(C)Cc1csc(C)n1. The van der Waals surface area contributed by atoms with Crippen LogP contribution >= 0.6 is 11.3 Å². The summed E-state index contributed by atoms with van der Waals surface area (Å²) >= 11 is 1.67. The average molecular weight is 254 g/mol. The second kappa shape index (κ2) is 6.26. The highest BCUT2D eigenvalue weighted by Crippen LogP contribution is 2.25. The lowest BCUT2D eigenvalue weighted by Gasteiger charge is -2.30. The number of hydrogen-bond donors (Lipinski definition) is 0. The van der Waals surface area contributed by atoms with E-state index in [0.29, 0.717) is 0 Å². The summed E-state index contributed by atoms with van der Waals surface area (Å²) in [7, 11) is 2.05. The van der Waals surface area contributed by atoms with Gasteiger partial charge in [-0.2, -0.15) is 0 Å². The molecule has 17 heavy (non-hydrogen) atoms. The van der Waals surface area contributed by atoms with Gasteiger partial charge in [-0.1, -0.05) is 13.8 Å². The van der Waals surface area contributed by atoms with E-state index in [0.717, 1.165) is 42.9 Å². The van der Waals surface area contributed by atoms with Crippen LogP contribution in [-0.4, -0.2) is 29.8 Å². The maximum Gasteiger partial charge on any atom is 0.127 e. The van der Waals surface area contributed by atoms with Gasteiger partial charge in [0.15, 0.2) is 0 Å². The summed E-state index contributed by atoms with van der Waals surface area (Å²) in [5.74, 6) is 0. The molecule has 3 nitrogen and oxygen atoms in total. The molecule has 1 aromatic heterocycles. The van der Waals surface area contributed by atoms with Gasteiger partial charge in [-0.25, -0.2) is 4.98 Å². The molecule has 0 aliphatic heterocycles. The molecule has 0 fully saturated rings. The molecule has 0 radical (unpaired) electrons. The number of carbonyl (C=O) groups excluding carboxylic acids is 1. The molecule has 0 amide bonds. The molecular formula is C13H22N2OS. The van der Waals surface area contributed by atoms with Crippen molar-refractivity contribution in [2.45, 2.75) is 40.2 Å². The Morgan fingerprint density at radius 3 is 2.53 bits per heavy atom. The lowest BCUT2D eigenvalue weighted by molar-refractivity contribution is -0.117. The van der Waals surface area contributed by atoms with E-state index in [9.17, 15) is 4.79 Å². The van der Waals surface area contributed by atoms with Gasteiger partial charge in [0.1, 0.15) is 6.29 Å². The first-order valence-electron chi connectivity index (χ1n) is 6.11. The smallest absolute Gasteiger partial charge is 0.127 e. The van der Waals surface area contributed by atoms with Crippen molar-refractivity contribution in [3.63, 3.8) is 0 Å². The maximum absolute atomic E-state index is 11.2. The Labute approximate surface area is 108 Å². The number of carbonyl (C=O) groups is 1. The highest BCUT2D eigenvalue weighted by atomic mass is 32.1. The predicted molar refractivity (Wildman–Crippen MR) is 72.3 cm³/mol. The van der Waals surface area contributed by atoms with Gasteiger partial charge in [-0.05, 0) is 26.8 Å². The Kier molecular flexibility index (Phi) is 5.28. The molecule has 1 heterocycles. The number of rotatable bonds is 7. The summed E-state index contributed by atoms with van der Waals surface area (Å²) in [6.45, 7) is 7.80. The van der Waals surface area contributed by atoms with Crippen molar-refractivity contribution in [3.8, 4) is 0 Å². The summed E-state index contributed by atoms with van der Waals surface area (Å²) in [6.07, 6.45) is 2.91. The average Bonchev–Trinajstić information content (AvgIpc) is 2.72. The third-order valence-corrected chi connectivity index (χ3v) is 4.16. The van der Waals surface area contributed by atoms with E-state index in [-0.39, 0.29) is 5.41 Å². The predicted octanol–water partition coefficient (Wildman–Crippen LogP) is 2.89. The number of hydrogen-bond acceptors (Lipinski definition) is 4. The summed E-state index contributed by atoms with van der Waals surface area (Å²) in [5.41, 5.74) is 0.904. The fourth-order valence-electron chi connectivity index (χ4n) is 2.03. The van der Waals surface area contributed by atoms with Gasteiger partial charge >= 0.3 is 0 Å². The highest BCUT2D eigenvalue weighted by Gasteiger charge is 2.27. The van der Waals surface area contributed by atoms with E-state index in [1.807, 2.05) is 6.92 Å². The van der Waals surface area contributed by atoms with Crippen LogP contribution in [0.15, 0.2) is 5.38 Å². The van der Waals surface area contributed by atoms with Crippen LogP contribution in [0.2, 0.25) is 0 Å². The van der Waals surface area contributed by atoms with E-state index in [1.165, 1.54) is 0 Å². The van der Waals surface area contributed by atoms with Crippen LogP contribution in [0.1, 0.15) is 37.4 Å². The molecule has 0 atom stereocenters. The minimum absolute atomic E-state index is 0.195. The molecule has 96 valence electrons. The zero-order valence-corrected chi connectivity index (χ0v) is 12.0. The lowest BCUT2D eigenvalue weighted by Crippen LogP contribution is -2.35.